The van der Waals surface area contributed by atoms with E-state index in [0.717, 1.165) is 0 Å². The molecule has 0 aliphatic carbocycles. The molecule has 3 heterocycles. The van der Waals surface area contributed by atoms with E-state index in [0.29, 0.717) is 55.2 Å². The van der Waals surface area contributed by atoms with E-state index in [1.165, 1.54) is 4.90 Å². The summed E-state index contributed by atoms with van der Waals surface area (Å²) >= 11 is 0. The van der Waals surface area contributed by atoms with Crippen LogP contribution in [0.25, 0.3) is 0 Å². The minimum atomic E-state index is -0.305. The van der Waals surface area contributed by atoms with Crippen molar-refractivity contribution in [3.05, 3.63) is 47.1 Å². The van der Waals surface area contributed by atoms with Crippen LogP contribution in [0.3, 0.4) is 0 Å². The lowest BCUT2D eigenvalue weighted by Gasteiger charge is -2.31. The lowest BCUT2D eigenvalue weighted by atomic mass is 9.95. The minimum Gasteiger partial charge on any atom is -0.347 e. The summed E-state index contributed by atoms with van der Waals surface area (Å²) in [5, 5.41) is 6.48. The lowest BCUT2D eigenvalue weighted by molar-refractivity contribution is -0.135. The fraction of sp³-hybridized carbons (Fsp3) is 0.455. The predicted octanol–water partition coefficient (Wildman–Crippen LogP) is 1.31. The van der Waals surface area contributed by atoms with Crippen molar-refractivity contribution in [2.24, 2.45) is 5.92 Å². The maximum absolute atomic E-state index is 12.6. The van der Waals surface area contributed by atoms with Crippen LogP contribution in [0.2, 0.25) is 0 Å². The minimum absolute atomic E-state index is 0.0261. The Morgan fingerprint density at radius 2 is 1.78 bits per heavy atom. The highest BCUT2D eigenvalue weighted by Crippen LogP contribution is 2.23. The number of fused-ring (bicyclic) bond motifs is 1. The van der Waals surface area contributed by atoms with E-state index in [-0.39, 0.29) is 49.1 Å². The van der Waals surface area contributed by atoms with E-state index in [1.807, 2.05) is 0 Å². The Bertz CT molecular complexity index is 1010. The molecule has 1 aromatic carbocycles. The van der Waals surface area contributed by atoms with Crippen molar-refractivity contribution in [1.29, 1.82) is 0 Å². The molecule has 0 atom stereocenters. The molecule has 2 aliphatic rings. The Hall–Kier alpha value is -3.56. The number of hydrogen-bond donors (Lipinski definition) is 1. The van der Waals surface area contributed by atoms with E-state index in [1.54, 1.807) is 36.1 Å². The van der Waals surface area contributed by atoms with Crippen LogP contribution in [-0.4, -0.2) is 63.2 Å². The van der Waals surface area contributed by atoms with Crippen molar-refractivity contribution in [3.63, 3.8) is 0 Å². The standard InChI is InChI=1S/C22H25N5O5/c1-14-24-18(32-25-14)13-23-20(29)15-8-11-26(12-9-15)19(28)7-4-10-27-21(30)16-5-2-3-6-17(16)22(27)31/h2-3,5-6,15H,4,7-13H2,1H3,(H,23,29). The summed E-state index contributed by atoms with van der Waals surface area (Å²) < 4.78 is 4.98. The maximum atomic E-state index is 12.6. The molecular formula is C22H25N5O5. The van der Waals surface area contributed by atoms with Crippen molar-refractivity contribution in [2.75, 3.05) is 19.6 Å². The molecule has 0 saturated carbocycles. The van der Waals surface area contributed by atoms with Gasteiger partial charge in [-0.2, -0.15) is 4.98 Å². The Balaban J connectivity index is 1.18. The molecule has 0 bridgehead atoms. The Morgan fingerprint density at radius 3 is 2.38 bits per heavy atom. The molecule has 4 rings (SSSR count). The topological polar surface area (TPSA) is 126 Å². The summed E-state index contributed by atoms with van der Waals surface area (Å²) in [7, 11) is 0. The Morgan fingerprint density at radius 1 is 1.12 bits per heavy atom. The van der Waals surface area contributed by atoms with Gasteiger partial charge in [0.25, 0.3) is 11.8 Å². The van der Waals surface area contributed by atoms with E-state index < -0.39 is 0 Å². The van der Waals surface area contributed by atoms with Crippen molar-refractivity contribution < 1.29 is 23.7 Å². The average Bonchev–Trinajstić information content (AvgIpc) is 3.33. The molecule has 4 amide bonds. The smallest absolute Gasteiger partial charge is 0.261 e. The number of carbonyl (C=O) groups is 4. The second-order valence-corrected chi connectivity index (χ2v) is 8.02. The summed E-state index contributed by atoms with van der Waals surface area (Å²) in [6.07, 6.45) is 1.83. The first-order chi connectivity index (χ1) is 15.4. The van der Waals surface area contributed by atoms with Gasteiger partial charge in [-0.05, 0) is 38.3 Å². The Labute approximate surface area is 184 Å². The molecule has 2 aliphatic heterocycles. The summed E-state index contributed by atoms with van der Waals surface area (Å²) in [5.74, 6) is -0.00600. The second kappa shape index (κ2) is 9.29. The third-order valence-electron chi connectivity index (χ3n) is 5.85. The molecular weight excluding hydrogens is 414 g/mol. The van der Waals surface area contributed by atoms with Gasteiger partial charge in [0.05, 0.1) is 17.7 Å². The zero-order chi connectivity index (χ0) is 22.7. The molecule has 1 N–H and O–H groups in total. The van der Waals surface area contributed by atoms with Crippen LogP contribution in [0.15, 0.2) is 28.8 Å². The molecule has 1 fully saturated rings. The van der Waals surface area contributed by atoms with E-state index >= 15 is 0 Å². The van der Waals surface area contributed by atoms with Crippen LogP contribution in [-0.2, 0) is 16.1 Å². The normalized spacial score (nSPS) is 16.4. The summed E-state index contributed by atoms with van der Waals surface area (Å²) in [6, 6.07) is 6.74. The molecule has 0 spiro atoms. The van der Waals surface area contributed by atoms with Gasteiger partial charge in [0, 0.05) is 32.0 Å². The third-order valence-corrected chi connectivity index (χ3v) is 5.85. The Kier molecular flexibility index (Phi) is 6.29. The van der Waals surface area contributed by atoms with Gasteiger partial charge in [-0.1, -0.05) is 17.3 Å². The summed E-state index contributed by atoms with van der Waals surface area (Å²) in [6.45, 7) is 3.12. The summed E-state index contributed by atoms with van der Waals surface area (Å²) in [5.41, 5.74) is 0.830. The van der Waals surface area contributed by atoms with Crippen molar-refractivity contribution in [2.45, 2.75) is 39.2 Å². The number of rotatable bonds is 7. The van der Waals surface area contributed by atoms with E-state index in [9.17, 15) is 19.2 Å². The number of aromatic nitrogens is 2. The molecule has 1 aromatic heterocycles. The molecule has 0 radical (unpaired) electrons. The largest absolute Gasteiger partial charge is 0.347 e. The first-order valence-corrected chi connectivity index (χ1v) is 10.7. The van der Waals surface area contributed by atoms with Gasteiger partial charge in [-0.3, -0.25) is 24.1 Å². The van der Waals surface area contributed by atoms with Crippen LogP contribution in [0, 0.1) is 12.8 Å². The first-order valence-electron chi connectivity index (χ1n) is 10.7. The van der Waals surface area contributed by atoms with Gasteiger partial charge >= 0.3 is 0 Å². The number of piperidine rings is 1. The number of hydrogen-bond acceptors (Lipinski definition) is 7. The number of benzene rings is 1. The van der Waals surface area contributed by atoms with Crippen LogP contribution >= 0.6 is 0 Å². The number of imide groups is 1. The molecule has 10 heteroatoms. The highest BCUT2D eigenvalue weighted by molar-refractivity contribution is 6.21. The molecule has 10 nitrogen and oxygen atoms in total. The number of aryl methyl sites for hydroxylation is 1. The van der Waals surface area contributed by atoms with Gasteiger partial charge in [-0.15, -0.1) is 0 Å². The van der Waals surface area contributed by atoms with Crippen LogP contribution < -0.4 is 5.32 Å². The van der Waals surface area contributed by atoms with Gasteiger partial charge in [-0.25, -0.2) is 0 Å². The van der Waals surface area contributed by atoms with Crippen LogP contribution in [0.4, 0.5) is 0 Å². The van der Waals surface area contributed by atoms with Crippen LogP contribution in [0.5, 0.6) is 0 Å². The maximum Gasteiger partial charge on any atom is 0.261 e. The predicted molar refractivity (Wildman–Crippen MR) is 111 cm³/mol. The van der Waals surface area contributed by atoms with Gasteiger partial charge in [0.15, 0.2) is 5.82 Å². The van der Waals surface area contributed by atoms with Crippen molar-refractivity contribution >= 4 is 23.6 Å². The number of carbonyl (C=O) groups excluding carboxylic acids is 4. The molecule has 1 saturated heterocycles. The highest BCUT2D eigenvalue weighted by Gasteiger charge is 2.35. The number of nitrogens with one attached hydrogen (secondary N) is 1. The first kappa shape index (κ1) is 21.7. The molecule has 2 aromatic rings. The summed E-state index contributed by atoms with van der Waals surface area (Å²) in [4.78, 5) is 56.7. The van der Waals surface area contributed by atoms with Crippen molar-refractivity contribution in [3.8, 4) is 0 Å². The molecule has 32 heavy (non-hydrogen) atoms. The monoisotopic (exact) mass is 439 g/mol. The fourth-order valence-electron chi connectivity index (χ4n) is 4.10. The lowest BCUT2D eigenvalue weighted by Crippen LogP contribution is -2.43. The van der Waals surface area contributed by atoms with E-state index in [4.69, 9.17) is 4.52 Å². The second-order valence-electron chi connectivity index (χ2n) is 8.02. The van der Waals surface area contributed by atoms with Gasteiger partial charge < -0.3 is 14.7 Å². The quantitative estimate of drug-likeness (QED) is 0.645. The number of amides is 4. The molecule has 168 valence electrons. The zero-order valence-electron chi connectivity index (χ0n) is 17.9. The average molecular weight is 439 g/mol. The fourth-order valence-corrected chi connectivity index (χ4v) is 4.10. The number of likely N-dealkylation sites (tertiary alicyclic amines) is 1. The zero-order valence-corrected chi connectivity index (χ0v) is 17.9. The van der Waals surface area contributed by atoms with Crippen LogP contribution in [0.1, 0.15) is 58.1 Å². The third kappa shape index (κ3) is 4.53. The van der Waals surface area contributed by atoms with Gasteiger partial charge in [0.2, 0.25) is 17.7 Å². The van der Waals surface area contributed by atoms with Gasteiger partial charge in [0.1, 0.15) is 0 Å². The van der Waals surface area contributed by atoms with Crippen molar-refractivity contribution in [1.82, 2.24) is 25.3 Å². The molecule has 0 unspecified atom stereocenters. The van der Waals surface area contributed by atoms with E-state index in [2.05, 4.69) is 15.5 Å². The SMILES string of the molecule is Cc1noc(CNC(=O)C2CCN(C(=O)CCCN3C(=O)c4ccccc4C3=O)CC2)n1. The number of nitrogens with zero attached hydrogens (tertiary/aromatic N) is 4. The highest BCUT2D eigenvalue weighted by atomic mass is 16.5.